The SMILES string of the molecule is O=C(CCC(=O)c1ccc(Cl)s1)Nc1nccs1. The first-order valence-electron chi connectivity index (χ1n) is 5.13. The summed E-state index contributed by atoms with van der Waals surface area (Å²) < 4.78 is 0.575. The molecule has 1 amide bonds. The van der Waals surface area contributed by atoms with Crippen molar-refractivity contribution in [3.05, 3.63) is 32.9 Å². The topological polar surface area (TPSA) is 59.1 Å². The van der Waals surface area contributed by atoms with Gasteiger partial charge in [0.15, 0.2) is 10.9 Å². The standard InChI is InChI=1S/C11H9ClN2O2S2/c12-9-3-2-8(18-9)7(15)1-4-10(16)14-11-13-5-6-17-11/h2-3,5-6H,1,4H2,(H,13,14,16). The van der Waals surface area contributed by atoms with E-state index >= 15 is 0 Å². The molecule has 0 unspecified atom stereocenters. The van der Waals surface area contributed by atoms with Crippen LogP contribution in [0.15, 0.2) is 23.7 Å². The molecule has 94 valence electrons. The number of carbonyl (C=O) groups excluding carboxylic acids is 2. The van der Waals surface area contributed by atoms with Crippen LogP contribution in [0, 0.1) is 0 Å². The lowest BCUT2D eigenvalue weighted by Gasteiger charge is -2.00. The molecule has 0 aromatic carbocycles. The van der Waals surface area contributed by atoms with Crippen LogP contribution in [0.3, 0.4) is 0 Å². The predicted octanol–water partition coefficient (Wildman–Crippen LogP) is 3.46. The third-order valence-corrected chi connectivity index (χ3v) is 4.07. The van der Waals surface area contributed by atoms with Gasteiger partial charge in [0.2, 0.25) is 5.91 Å². The molecule has 2 rings (SSSR count). The minimum atomic E-state index is -0.207. The molecule has 0 atom stereocenters. The number of hydrogen-bond donors (Lipinski definition) is 1. The van der Waals surface area contributed by atoms with Crippen molar-refractivity contribution >= 4 is 51.1 Å². The normalized spacial score (nSPS) is 10.3. The summed E-state index contributed by atoms with van der Waals surface area (Å²) in [6, 6.07) is 3.35. The Balaban J connectivity index is 1.81. The van der Waals surface area contributed by atoms with Crippen LogP contribution in [0.25, 0.3) is 0 Å². The third-order valence-electron chi connectivity index (χ3n) is 2.11. The molecular weight excluding hydrogens is 292 g/mol. The number of anilines is 1. The number of nitrogens with zero attached hydrogens (tertiary/aromatic N) is 1. The van der Waals surface area contributed by atoms with E-state index in [-0.39, 0.29) is 24.5 Å². The van der Waals surface area contributed by atoms with E-state index in [0.29, 0.717) is 14.3 Å². The van der Waals surface area contributed by atoms with Gasteiger partial charge in [0, 0.05) is 24.4 Å². The van der Waals surface area contributed by atoms with Crippen LogP contribution in [-0.4, -0.2) is 16.7 Å². The zero-order valence-electron chi connectivity index (χ0n) is 9.18. The minimum Gasteiger partial charge on any atom is -0.302 e. The van der Waals surface area contributed by atoms with E-state index in [1.807, 2.05) is 0 Å². The highest BCUT2D eigenvalue weighted by Crippen LogP contribution is 2.23. The fourth-order valence-corrected chi connectivity index (χ4v) is 2.84. The Kier molecular flexibility index (Phi) is 4.46. The van der Waals surface area contributed by atoms with Gasteiger partial charge in [-0.25, -0.2) is 4.98 Å². The molecule has 2 heterocycles. The van der Waals surface area contributed by atoms with Crippen LogP contribution in [0.2, 0.25) is 4.34 Å². The van der Waals surface area contributed by atoms with Crippen molar-refractivity contribution in [3.63, 3.8) is 0 Å². The van der Waals surface area contributed by atoms with E-state index in [1.54, 1.807) is 23.7 Å². The number of amides is 1. The molecule has 0 saturated heterocycles. The van der Waals surface area contributed by atoms with Gasteiger partial charge in [-0.05, 0) is 12.1 Å². The van der Waals surface area contributed by atoms with Crippen molar-refractivity contribution in [3.8, 4) is 0 Å². The van der Waals surface area contributed by atoms with Crippen LogP contribution >= 0.6 is 34.3 Å². The molecule has 0 aliphatic carbocycles. The van der Waals surface area contributed by atoms with E-state index in [9.17, 15) is 9.59 Å². The number of nitrogens with one attached hydrogen (secondary N) is 1. The molecule has 1 N–H and O–H groups in total. The summed E-state index contributed by atoms with van der Waals surface area (Å²) in [5, 5.41) is 4.95. The number of ketones is 1. The number of aromatic nitrogens is 1. The fraction of sp³-hybridized carbons (Fsp3) is 0.182. The quantitative estimate of drug-likeness (QED) is 0.860. The summed E-state index contributed by atoms with van der Waals surface area (Å²) in [7, 11) is 0. The Hall–Kier alpha value is -1.24. The number of carbonyl (C=O) groups is 2. The molecule has 2 aromatic rings. The number of thiophene rings is 1. The Morgan fingerprint density at radius 1 is 1.33 bits per heavy atom. The molecule has 0 bridgehead atoms. The zero-order valence-corrected chi connectivity index (χ0v) is 11.6. The van der Waals surface area contributed by atoms with Gasteiger partial charge in [-0.3, -0.25) is 9.59 Å². The van der Waals surface area contributed by atoms with E-state index in [4.69, 9.17) is 11.6 Å². The lowest BCUT2D eigenvalue weighted by atomic mass is 10.2. The van der Waals surface area contributed by atoms with Crippen LogP contribution in [-0.2, 0) is 4.79 Å². The summed E-state index contributed by atoms with van der Waals surface area (Å²) in [5.41, 5.74) is 0. The first-order valence-corrected chi connectivity index (χ1v) is 7.20. The average Bonchev–Trinajstić information content (AvgIpc) is 2.97. The molecular formula is C11H9ClN2O2S2. The summed E-state index contributed by atoms with van der Waals surface area (Å²) in [6.45, 7) is 0. The van der Waals surface area contributed by atoms with Crippen molar-refractivity contribution in [1.29, 1.82) is 0 Å². The molecule has 0 aliphatic heterocycles. The second-order valence-corrected chi connectivity index (χ2v) is 6.02. The van der Waals surface area contributed by atoms with Crippen LogP contribution in [0.1, 0.15) is 22.5 Å². The Morgan fingerprint density at radius 2 is 2.17 bits per heavy atom. The van der Waals surface area contributed by atoms with Crippen molar-refractivity contribution in [1.82, 2.24) is 4.98 Å². The number of thiazole rings is 1. The van der Waals surface area contributed by atoms with Gasteiger partial charge in [-0.15, -0.1) is 22.7 Å². The van der Waals surface area contributed by atoms with Crippen LogP contribution in [0.4, 0.5) is 5.13 Å². The van der Waals surface area contributed by atoms with E-state index in [0.717, 1.165) is 0 Å². The molecule has 2 aromatic heterocycles. The number of halogens is 1. The highest BCUT2D eigenvalue weighted by Gasteiger charge is 2.12. The van der Waals surface area contributed by atoms with Gasteiger partial charge in [-0.2, -0.15) is 0 Å². The maximum absolute atomic E-state index is 11.7. The summed E-state index contributed by atoms with van der Waals surface area (Å²) in [6.07, 6.45) is 1.93. The van der Waals surface area contributed by atoms with Gasteiger partial charge >= 0.3 is 0 Å². The maximum Gasteiger partial charge on any atom is 0.226 e. The van der Waals surface area contributed by atoms with Crippen molar-refractivity contribution in [2.24, 2.45) is 0 Å². The lowest BCUT2D eigenvalue weighted by molar-refractivity contribution is -0.116. The highest BCUT2D eigenvalue weighted by molar-refractivity contribution is 7.18. The van der Waals surface area contributed by atoms with E-state index < -0.39 is 0 Å². The monoisotopic (exact) mass is 300 g/mol. The fourth-order valence-electron chi connectivity index (χ4n) is 1.28. The summed E-state index contributed by atoms with van der Waals surface area (Å²) in [5.74, 6) is -0.276. The van der Waals surface area contributed by atoms with Gasteiger partial charge in [0.25, 0.3) is 0 Å². The zero-order chi connectivity index (χ0) is 13.0. The van der Waals surface area contributed by atoms with Crippen molar-refractivity contribution < 1.29 is 9.59 Å². The highest BCUT2D eigenvalue weighted by atomic mass is 35.5. The molecule has 0 spiro atoms. The molecule has 0 radical (unpaired) electrons. The van der Waals surface area contributed by atoms with E-state index in [1.165, 1.54) is 22.7 Å². The predicted molar refractivity (Wildman–Crippen MR) is 73.6 cm³/mol. The number of Topliss-reactive ketones (excluding diaryl/α,β-unsaturated/α-hetero) is 1. The molecule has 4 nitrogen and oxygen atoms in total. The first kappa shape index (κ1) is 13.2. The Morgan fingerprint density at radius 3 is 2.78 bits per heavy atom. The molecule has 7 heteroatoms. The van der Waals surface area contributed by atoms with Crippen molar-refractivity contribution in [2.75, 3.05) is 5.32 Å². The molecule has 0 saturated carbocycles. The lowest BCUT2D eigenvalue weighted by Crippen LogP contribution is -2.12. The number of hydrogen-bond acceptors (Lipinski definition) is 5. The minimum absolute atomic E-state index is 0.0683. The summed E-state index contributed by atoms with van der Waals surface area (Å²) in [4.78, 5) is 27.8. The van der Waals surface area contributed by atoms with Crippen molar-refractivity contribution in [2.45, 2.75) is 12.8 Å². The third kappa shape index (κ3) is 3.63. The van der Waals surface area contributed by atoms with Gasteiger partial charge in [0.05, 0.1) is 9.21 Å². The van der Waals surface area contributed by atoms with Gasteiger partial charge in [0.1, 0.15) is 0 Å². The average molecular weight is 301 g/mol. The first-order chi connectivity index (χ1) is 8.65. The largest absolute Gasteiger partial charge is 0.302 e. The second-order valence-electron chi connectivity index (χ2n) is 3.41. The Bertz CT molecular complexity index is 551. The smallest absolute Gasteiger partial charge is 0.226 e. The van der Waals surface area contributed by atoms with Crippen LogP contribution in [0.5, 0.6) is 0 Å². The molecule has 18 heavy (non-hydrogen) atoms. The molecule has 0 aliphatic rings. The Labute approximate surface area is 117 Å². The summed E-state index contributed by atoms with van der Waals surface area (Å²) >= 11 is 8.31. The van der Waals surface area contributed by atoms with Gasteiger partial charge in [-0.1, -0.05) is 11.6 Å². The van der Waals surface area contributed by atoms with Gasteiger partial charge < -0.3 is 5.32 Å². The van der Waals surface area contributed by atoms with Crippen LogP contribution < -0.4 is 5.32 Å². The second kappa shape index (κ2) is 6.08. The maximum atomic E-state index is 11.7. The molecule has 0 fully saturated rings. The van der Waals surface area contributed by atoms with E-state index in [2.05, 4.69) is 10.3 Å². The number of rotatable bonds is 5.